The maximum Gasteiger partial charge on any atom is 0.0562 e. The molecule has 3 heteroatoms. The highest BCUT2D eigenvalue weighted by Gasteiger charge is 2.19. The second-order valence-corrected chi connectivity index (χ2v) is 4.44. The summed E-state index contributed by atoms with van der Waals surface area (Å²) in [5.74, 6) is 0. The third kappa shape index (κ3) is 3.20. The maximum atomic E-state index is 4.28. The van der Waals surface area contributed by atoms with Crippen molar-refractivity contribution in [1.82, 2.24) is 15.1 Å². The Labute approximate surface area is 97.5 Å². The van der Waals surface area contributed by atoms with Crippen LogP contribution in [0.1, 0.15) is 38.7 Å². The molecule has 0 bridgehead atoms. The van der Waals surface area contributed by atoms with Crippen molar-refractivity contribution in [2.75, 3.05) is 6.54 Å². The molecule has 0 atom stereocenters. The van der Waals surface area contributed by atoms with Crippen LogP contribution >= 0.6 is 0 Å². The number of aromatic nitrogens is 2. The SMILES string of the molecule is CCC(=Cc1cnn(CC)c1)CNC1CC1. The van der Waals surface area contributed by atoms with E-state index < -0.39 is 0 Å². The van der Waals surface area contributed by atoms with Crippen LogP contribution in [0.4, 0.5) is 0 Å². The fourth-order valence-electron chi connectivity index (χ4n) is 1.70. The van der Waals surface area contributed by atoms with E-state index in [0.29, 0.717) is 0 Å². The summed E-state index contributed by atoms with van der Waals surface area (Å²) in [6.45, 7) is 6.29. The summed E-state index contributed by atoms with van der Waals surface area (Å²) >= 11 is 0. The number of hydrogen-bond acceptors (Lipinski definition) is 2. The normalized spacial score (nSPS) is 16.8. The van der Waals surface area contributed by atoms with Gasteiger partial charge in [0.1, 0.15) is 0 Å². The van der Waals surface area contributed by atoms with Crippen LogP contribution in [-0.4, -0.2) is 22.4 Å². The monoisotopic (exact) mass is 219 g/mol. The summed E-state index contributed by atoms with van der Waals surface area (Å²) in [6, 6.07) is 0.785. The average Bonchev–Trinajstić information content (AvgIpc) is 3.03. The minimum absolute atomic E-state index is 0.785. The molecule has 1 aliphatic carbocycles. The molecule has 1 N–H and O–H groups in total. The lowest BCUT2D eigenvalue weighted by molar-refractivity contribution is 0.660. The predicted octanol–water partition coefficient (Wildman–Crippen LogP) is 2.45. The van der Waals surface area contributed by atoms with E-state index in [1.807, 2.05) is 10.9 Å². The van der Waals surface area contributed by atoms with Crippen LogP contribution in [0.5, 0.6) is 0 Å². The first-order valence-electron chi connectivity index (χ1n) is 6.27. The summed E-state index contributed by atoms with van der Waals surface area (Å²) < 4.78 is 1.97. The Kier molecular flexibility index (Phi) is 3.78. The Bertz CT molecular complexity index is 361. The third-order valence-corrected chi connectivity index (χ3v) is 3.00. The van der Waals surface area contributed by atoms with Gasteiger partial charge in [-0.3, -0.25) is 4.68 Å². The lowest BCUT2D eigenvalue weighted by Crippen LogP contribution is -2.18. The molecule has 2 rings (SSSR count). The van der Waals surface area contributed by atoms with Gasteiger partial charge in [-0.25, -0.2) is 0 Å². The third-order valence-electron chi connectivity index (χ3n) is 3.00. The van der Waals surface area contributed by atoms with Crippen molar-refractivity contribution in [1.29, 1.82) is 0 Å². The van der Waals surface area contributed by atoms with Gasteiger partial charge in [-0.05, 0) is 26.2 Å². The number of nitrogens with one attached hydrogen (secondary N) is 1. The summed E-state index contributed by atoms with van der Waals surface area (Å²) in [6.07, 6.45) is 10.1. The van der Waals surface area contributed by atoms with Gasteiger partial charge < -0.3 is 5.32 Å². The Hall–Kier alpha value is -1.09. The van der Waals surface area contributed by atoms with E-state index in [1.165, 1.54) is 24.0 Å². The molecule has 0 saturated heterocycles. The largest absolute Gasteiger partial charge is 0.310 e. The molecule has 1 aliphatic rings. The van der Waals surface area contributed by atoms with E-state index in [0.717, 1.165) is 25.6 Å². The van der Waals surface area contributed by atoms with Crippen LogP contribution in [0.3, 0.4) is 0 Å². The van der Waals surface area contributed by atoms with Crippen LogP contribution in [0.25, 0.3) is 6.08 Å². The first-order valence-corrected chi connectivity index (χ1v) is 6.27. The molecule has 0 radical (unpaired) electrons. The zero-order chi connectivity index (χ0) is 11.4. The summed E-state index contributed by atoms with van der Waals surface area (Å²) in [5, 5.41) is 7.83. The van der Waals surface area contributed by atoms with Crippen LogP contribution in [0, 0.1) is 0 Å². The zero-order valence-corrected chi connectivity index (χ0v) is 10.2. The molecule has 1 aromatic rings. The highest BCUT2D eigenvalue weighted by molar-refractivity contribution is 5.51. The Morgan fingerprint density at radius 2 is 2.38 bits per heavy atom. The summed E-state index contributed by atoms with van der Waals surface area (Å²) in [5.41, 5.74) is 2.68. The van der Waals surface area contributed by atoms with Gasteiger partial charge in [0.25, 0.3) is 0 Å². The second kappa shape index (κ2) is 5.30. The lowest BCUT2D eigenvalue weighted by atomic mass is 10.1. The molecule has 3 nitrogen and oxygen atoms in total. The minimum Gasteiger partial charge on any atom is -0.310 e. The fraction of sp³-hybridized carbons (Fsp3) is 0.615. The van der Waals surface area contributed by atoms with Gasteiger partial charge in [-0.2, -0.15) is 5.10 Å². The Morgan fingerprint density at radius 1 is 1.56 bits per heavy atom. The second-order valence-electron chi connectivity index (χ2n) is 4.44. The number of rotatable bonds is 6. The standard InChI is InChI=1S/C13H21N3/c1-3-11(8-14-13-5-6-13)7-12-9-15-16(4-2)10-12/h7,9-10,13-14H,3-6,8H2,1-2H3. The maximum absolute atomic E-state index is 4.28. The molecule has 0 aromatic carbocycles. The van der Waals surface area contributed by atoms with Crippen molar-refractivity contribution < 1.29 is 0 Å². The molecule has 16 heavy (non-hydrogen) atoms. The van der Waals surface area contributed by atoms with Gasteiger partial charge in [-0.15, -0.1) is 0 Å². The molecule has 0 spiro atoms. The van der Waals surface area contributed by atoms with Crippen molar-refractivity contribution in [3.63, 3.8) is 0 Å². The van der Waals surface area contributed by atoms with Gasteiger partial charge in [0.05, 0.1) is 6.20 Å². The summed E-state index contributed by atoms with van der Waals surface area (Å²) in [4.78, 5) is 0. The van der Waals surface area contributed by atoms with E-state index in [-0.39, 0.29) is 0 Å². The van der Waals surface area contributed by atoms with Gasteiger partial charge in [-0.1, -0.05) is 18.6 Å². The Balaban J connectivity index is 1.94. The number of nitrogens with zero attached hydrogens (tertiary/aromatic N) is 2. The van der Waals surface area contributed by atoms with E-state index >= 15 is 0 Å². The van der Waals surface area contributed by atoms with Crippen LogP contribution < -0.4 is 5.32 Å². The van der Waals surface area contributed by atoms with Gasteiger partial charge in [0.15, 0.2) is 0 Å². The molecule has 1 saturated carbocycles. The average molecular weight is 219 g/mol. The van der Waals surface area contributed by atoms with E-state index in [4.69, 9.17) is 0 Å². The lowest BCUT2D eigenvalue weighted by Gasteiger charge is -2.05. The van der Waals surface area contributed by atoms with Crippen molar-refractivity contribution >= 4 is 6.08 Å². The van der Waals surface area contributed by atoms with E-state index in [9.17, 15) is 0 Å². The molecule has 1 fully saturated rings. The minimum atomic E-state index is 0.785. The summed E-state index contributed by atoms with van der Waals surface area (Å²) in [7, 11) is 0. The van der Waals surface area contributed by atoms with Gasteiger partial charge >= 0.3 is 0 Å². The Morgan fingerprint density at radius 3 is 2.94 bits per heavy atom. The predicted molar refractivity (Wildman–Crippen MR) is 67.2 cm³/mol. The zero-order valence-electron chi connectivity index (χ0n) is 10.2. The molecule has 0 amide bonds. The van der Waals surface area contributed by atoms with Crippen LogP contribution in [0.15, 0.2) is 18.0 Å². The molecule has 1 heterocycles. The topological polar surface area (TPSA) is 29.9 Å². The molecular weight excluding hydrogens is 198 g/mol. The van der Waals surface area contributed by atoms with Crippen molar-refractivity contribution in [2.45, 2.75) is 45.7 Å². The van der Waals surface area contributed by atoms with Crippen LogP contribution in [-0.2, 0) is 6.54 Å². The quantitative estimate of drug-likeness (QED) is 0.796. The fourth-order valence-corrected chi connectivity index (χ4v) is 1.70. The first kappa shape index (κ1) is 11.4. The molecule has 88 valence electrons. The highest BCUT2D eigenvalue weighted by Crippen LogP contribution is 2.19. The van der Waals surface area contributed by atoms with E-state index in [2.05, 4.69) is 36.5 Å². The molecule has 0 unspecified atom stereocenters. The van der Waals surface area contributed by atoms with Gasteiger partial charge in [0, 0.05) is 30.9 Å². The number of hydrogen-bond donors (Lipinski definition) is 1. The highest BCUT2D eigenvalue weighted by atomic mass is 15.3. The van der Waals surface area contributed by atoms with Crippen molar-refractivity contribution in [2.24, 2.45) is 0 Å². The van der Waals surface area contributed by atoms with Crippen molar-refractivity contribution in [3.8, 4) is 0 Å². The smallest absolute Gasteiger partial charge is 0.0562 e. The van der Waals surface area contributed by atoms with Crippen LogP contribution in [0.2, 0.25) is 0 Å². The molecule has 0 aliphatic heterocycles. The number of aryl methyl sites for hydroxylation is 1. The molecular formula is C13H21N3. The first-order chi connectivity index (χ1) is 7.81. The van der Waals surface area contributed by atoms with Crippen molar-refractivity contribution in [3.05, 3.63) is 23.5 Å². The van der Waals surface area contributed by atoms with Gasteiger partial charge in [0.2, 0.25) is 0 Å². The molecule has 1 aromatic heterocycles. The van der Waals surface area contributed by atoms with E-state index in [1.54, 1.807) is 0 Å².